The Morgan fingerprint density at radius 1 is 1.11 bits per heavy atom. The number of carbonyl (C=O) groups is 2. The summed E-state index contributed by atoms with van der Waals surface area (Å²) in [6, 6.07) is 14.8. The van der Waals surface area contributed by atoms with Gasteiger partial charge in [0.25, 0.3) is 11.8 Å². The quantitative estimate of drug-likeness (QED) is 0.651. The molecule has 1 aliphatic rings. The standard InChI is InChI=1S/C21H26N4O3/c1-2-28-19-10-6-5-9-18(19)25-13-11-24(12-14-25)15-20(26)23-17-8-4-3-7-16(17)21(22)27/h3-10H,2,11-15H2,1H3,(H2,22,27)(H,23,26)/p+1. The molecule has 3 rings (SSSR count). The smallest absolute Gasteiger partial charge is 0.279 e. The van der Waals surface area contributed by atoms with Gasteiger partial charge in [0.05, 0.1) is 49.7 Å². The molecule has 2 aromatic carbocycles. The molecule has 1 saturated heterocycles. The van der Waals surface area contributed by atoms with Gasteiger partial charge in [0, 0.05) is 0 Å². The van der Waals surface area contributed by atoms with E-state index in [-0.39, 0.29) is 5.91 Å². The van der Waals surface area contributed by atoms with Crippen molar-refractivity contribution < 1.29 is 19.2 Å². The number of carbonyl (C=O) groups excluding carboxylic acids is 2. The Hall–Kier alpha value is -3.06. The van der Waals surface area contributed by atoms with E-state index in [4.69, 9.17) is 10.5 Å². The summed E-state index contributed by atoms with van der Waals surface area (Å²) < 4.78 is 5.73. The molecular weight excluding hydrogens is 356 g/mol. The lowest BCUT2D eigenvalue weighted by Gasteiger charge is -2.34. The summed E-state index contributed by atoms with van der Waals surface area (Å²) in [6.07, 6.45) is 0. The van der Waals surface area contributed by atoms with Crippen molar-refractivity contribution in [2.45, 2.75) is 6.92 Å². The Morgan fingerprint density at radius 3 is 2.50 bits per heavy atom. The van der Waals surface area contributed by atoms with Gasteiger partial charge in [0.2, 0.25) is 0 Å². The highest BCUT2D eigenvalue weighted by molar-refractivity contribution is 6.03. The highest BCUT2D eigenvalue weighted by atomic mass is 16.5. The van der Waals surface area contributed by atoms with Crippen molar-refractivity contribution in [3.8, 4) is 5.75 Å². The molecule has 0 aromatic heterocycles. The minimum atomic E-state index is -0.551. The number of amides is 2. The Kier molecular flexibility index (Phi) is 6.49. The maximum atomic E-state index is 12.4. The summed E-state index contributed by atoms with van der Waals surface area (Å²) in [7, 11) is 0. The summed E-state index contributed by atoms with van der Waals surface area (Å²) in [4.78, 5) is 27.4. The molecule has 0 bridgehead atoms. The van der Waals surface area contributed by atoms with E-state index < -0.39 is 5.91 Å². The Bertz CT molecular complexity index is 832. The van der Waals surface area contributed by atoms with Gasteiger partial charge in [-0.2, -0.15) is 0 Å². The first-order chi connectivity index (χ1) is 13.6. The maximum Gasteiger partial charge on any atom is 0.279 e. The number of primary amides is 1. The first kappa shape index (κ1) is 19.7. The van der Waals surface area contributed by atoms with Crippen LogP contribution in [0.2, 0.25) is 0 Å². The molecule has 7 heteroatoms. The third kappa shape index (κ3) is 4.80. The number of quaternary nitrogens is 1. The Balaban J connectivity index is 1.55. The van der Waals surface area contributed by atoms with Crippen LogP contribution in [0.15, 0.2) is 48.5 Å². The van der Waals surface area contributed by atoms with Crippen LogP contribution < -0.4 is 25.6 Å². The Labute approximate surface area is 165 Å². The Morgan fingerprint density at radius 2 is 1.79 bits per heavy atom. The van der Waals surface area contributed by atoms with E-state index in [1.54, 1.807) is 24.3 Å². The molecule has 1 aliphatic heterocycles. The van der Waals surface area contributed by atoms with E-state index in [2.05, 4.69) is 16.3 Å². The predicted octanol–water partition coefficient (Wildman–Crippen LogP) is 0.528. The summed E-state index contributed by atoms with van der Waals surface area (Å²) in [5.41, 5.74) is 7.25. The molecule has 4 N–H and O–H groups in total. The van der Waals surface area contributed by atoms with E-state index in [0.717, 1.165) is 37.6 Å². The zero-order valence-corrected chi connectivity index (χ0v) is 16.1. The molecular formula is C21H27N4O3+. The monoisotopic (exact) mass is 383 g/mol. The number of benzene rings is 2. The first-order valence-electron chi connectivity index (χ1n) is 9.57. The second kappa shape index (κ2) is 9.23. The van der Waals surface area contributed by atoms with E-state index in [1.807, 2.05) is 25.1 Å². The van der Waals surface area contributed by atoms with Crippen LogP contribution in [0, 0.1) is 0 Å². The van der Waals surface area contributed by atoms with Crippen molar-refractivity contribution in [2.75, 3.05) is 49.5 Å². The molecule has 2 amide bonds. The molecule has 1 heterocycles. The molecule has 0 saturated carbocycles. The van der Waals surface area contributed by atoms with Crippen molar-refractivity contribution >= 4 is 23.2 Å². The molecule has 1 fully saturated rings. The molecule has 7 nitrogen and oxygen atoms in total. The maximum absolute atomic E-state index is 12.4. The van der Waals surface area contributed by atoms with Gasteiger partial charge in [0.15, 0.2) is 6.54 Å². The largest absolute Gasteiger partial charge is 0.492 e. The van der Waals surface area contributed by atoms with Gasteiger partial charge in [-0.3, -0.25) is 9.59 Å². The predicted molar refractivity (Wildman–Crippen MR) is 109 cm³/mol. The highest BCUT2D eigenvalue weighted by Crippen LogP contribution is 2.27. The van der Waals surface area contributed by atoms with Crippen molar-refractivity contribution in [1.82, 2.24) is 0 Å². The van der Waals surface area contributed by atoms with Gasteiger partial charge in [-0.1, -0.05) is 24.3 Å². The molecule has 28 heavy (non-hydrogen) atoms. The van der Waals surface area contributed by atoms with E-state index in [9.17, 15) is 9.59 Å². The van der Waals surface area contributed by atoms with Crippen molar-refractivity contribution in [2.24, 2.45) is 5.73 Å². The van der Waals surface area contributed by atoms with Crippen molar-refractivity contribution in [3.63, 3.8) is 0 Å². The van der Waals surface area contributed by atoms with Gasteiger partial charge in [-0.25, -0.2) is 0 Å². The fourth-order valence-electron chi connectivity index (χ4n) is 3.47. The average Bonchev–Trinajstić information content (AvgIpc) is 2.69. The van der Waals surface area contributed by atoms with Gasteiger partial charge >= 0.3 is 0 Å². The molecule has 2 aromatic rings. The van der Waals surface area contributed by atoms with E-state index in [0.29, 0.717) is 24.4 Å². The number of nitrogens with zero attached hydrogens (tertiary/aromatic N) is 1. The topological polar surface area (TPSA) is 89.1 Å². The molecule has 0 aliphatic carbocycles. The number of piperazine rings is 1. The van der Waals surface area contributed by atoms with E-state index in [1.165, 1.54) is 4.90 Å². The molecule has 0 radical (unpaired) electrons. The molecule has 148 valence electrons. The minimum absolute atomic E-state index is 0.119. The van der Waals surface area contributed by atoms with Crippen molar-refractivity contribution in [1.29, 1.82) is 0 Å². The third-order valence-corrected chi connectivity index (χ3v) is 4.85. The fourth-order valence-corrected chi connectivity index (χ4v) is 3.47. The number of nitrogens with one attached hydrogen (secondary N) is 2. The van der Waals surface area contributed by atoms with Gasteiger partial charge in [0.1, 0.15) is 5.75 Å². The lowest BCUT2D eigenvalue weighted by atomic mass is 10.1. The van der Waals surface area contributed by atoms with Crippen LogP contribution in [0.4, 0.5) is 11.4 Å². The normalized spacial score (nSPS) is 14.5. The second-order valence-corrected chi connectivity index (χ2v) is 6.77. The van der Waals surface area contributed by atoms with Crippen LogP contribution in [-0.2, 0) is 4.79 Å². The summed E-state index contributed by atoms with van der Waals surface area (Å²) in [6.45, 7) is 6.38. The zero-order chi connectivity index (χ0) is 19.9. The number of ether oxygens (including phenoxy) is 1. The number of nitrogens with two attached hydrogens (primary N) is 1. The molecule has 0 spiro atoms. The summed E-state index contributed by atoms with van der Waals surface area (Å²) in [5, 5.41) is 2.81. The number of anilines is 2. The number of para-hydroxylation sites is 3. The number of hydrogen-bond donors (Lipinski definition) is 3. The van der Waals surface area contributed by atoms with Gasteiger partial charge < -0.3 is 25.6 Å². The lowest BCUT2D eigenvalue weighted by Crippen LogP contribution is -3.15. The number of hydrogen-bond acceptors (Lipinski definition) is 4. The lowest BCUT2D eigenvalue weighted by molar-refractivity contribution is -0.892. The minimum Gasteiger partial charge on any atom is -0.492 e. The van der Waals surface area contributed by atoms with Gasteiger partial charge in [-0.05, 0) is 31.2 Å². The average molecular weight is 383 g/mol. The third-order valence-electron chi connectivity index (χ3n) is 4.85. The number of rotatable bonds is 7. The van der Waals surface area contributed by atoms with Crippen molar-refractivity contribution in [3.05, 3.63) is 54.1 Å². The second-order valence-electron chi connectivity index (χ2n) is 6.77. The molecule has 0 unspecified atom stereocenters. The van der Waals surface area contributed by atoms with Gasteiger partial charge in [-0.15, -0.1) is 0 Å². The summed E-state index contributed by atoms with van der Waals surface area (Å²) in [5.74, 6) is 0.228. The SMILES string of the molecule is CCOc1ccccc1N1CC[NH+](CC(=O)Nc2ccccc2C(N)=O)CC1. The fraction of sp³-hybridized carbons (Fsp3) is 0.333. The highest BCUT2D eigenvalue weighted by Gasteiger charge is 2.24. The molecule has 0 atom stereocenters. The summed E-state index contributed by atoms with van der Waals surface area (Å²) >= 11 is 0. The van der Waals surface area contributed by atoms with Crippen LogP contribution in [-0.4, -0.2) is 51.1 Å². The van der Waals surface area contributed by atoms with Crippen LogP contribution >= 0.6 is 0 Å². The van der Waals surface area contributed by atoms with Crippen LogP contribution in [0.1, 0.15) is 17.3 Å². The van der Waals surface area contributed by atoms with Crippen LogP contribution in [0.5, 0.6) is 5.75 Å². The van der Waals surface area contributed by atoms with Crippen LogP contribution in [0.3, 0.4) is 0 Å². The zero-order valence-electron chi connectivity index (χ0n) is 16.1. The van der Waals surface area contributed by atoms with Crippen LogP contribution in [0.25, 0.3) is 0 Å². The first-order valence-corrected chi connectivity index (χ1v) is 9.57. The van der Waals surface area contributed by atoms with E-state index >= 15 is 0 Å².